The lowest BCUT2D eigenvalue weighted by molar-refractivity contribution is -0.143. The van der Waals surface area contributed by atoms with Crippen LogP contribution < -0.4 is 0 Å². The molecule has 0 saturated heterocycles. The van der Waals surface area contributed by atoms with E-state index in [0.29, 0.717) is 6.07 Å². The Kier molecular flexibility index (Phi) is 4.57. The molecule has 106 valence electrons. The molecule has 0 aliphatic carbocycles. The molecule has 0 fully saturated rings. The van der Waals surface area contributed by atoms with Gasteiger partial charge < -0.3 is 4.55 Å². The first-order chi connectivity index (χ1) is 8.51. The molecule has 19 heavy (non-hydrogen) atoms. The van der Waals surface area contributed by atoms with Crippen LogP contribution in [0.1, 0.15) is 32.0 Å². The second-order valence-corrected chi connectivity index (χ2v) is 6.63. The van der Waals surface area contributed by atoms with Gasteiger partial charge >= 0.3 is 6.18 Å². The highest BCUT2D eigenvalue weighted by Gasteiger charge is 2.36. The molecular formula is C11H12F4N2OS. The summed E-state index contributed by atoms with van der Waals surface area (Å²) in [6.45, 7) is 5.06. The van der Waals surface area contributed by atoms with E-state index < -0.39 is 33.8 Å². The van der Waals surface area contributed by atoms with Gasteiger partial charge in [-0.15, -0.1) is 0 Å². The zero-order valence-electron chi connectivity index (χ0n) is 10.5. The monoisotopic (exact) mass is 296 g/mol. The molecular weight excluding hydrogens is 284 g/mol. The number of halogens is 4. The Morgan fingerprint density at radius 2 is 1.89 bits per heavy atom. The summed E-state index contributed by atoms with van der Waals surface area (Å²) in [5.41, 5.74) is -1.57. The maximum absolute atomic E-state index is 13.2. The van der Waals surface area contributed by atoms with Crippen molar-refractivity contribution < 1.29 is 22.1 Å². The maximum atomic E-state index is 13.2. The minimum atomic E-state index is -4.84. The highest BCUT2D eigenvalue weighted by molar-refractivity contribution is 7.91. The summed E-state index contributed by atoms with van der Waals surface area (Å²) in [6, 6.07) is 0.652. The smallest absolute Gasteiger partial charge is 0.436 e. The molecule has 0 amide bonds. The Hall–Kier alpha value is -1.15. The molecule has 0 aliphatic heterocycles. The lowest BCUT2D eigenvalue weighted by Gasteiger charge is -2.17. The zero-order valence-corrected chi connectivity index (χ0v) is 11.3. The minimum absolute atomic E-state index is 0.0168. The summed E-state index contributed by atoms with van der Waals surface area (Å²) in [5, 5.41) is 0. The van der Waals surface area contributed by atoms with Crippen LogP contribution in [0.15, 0.2) is 16.7 Å². The van der Waals surface area contributed by atoms with Crippen molar-refractivity contribution >= 4 is 17.6 Å². The highest BCUT2D eigenvalue weighted by Crippen LogP contribution is 2.29. The van der Waals surface area contributed by atoms with Gasteiger partial charge in [0, 0.05) is 11.8 Å². The topological polar surface area (TPSA) is 48.3 Å². The average molecular weight is 296 g/mol. The molecule has 3 nitrogen and oxygen atoms in total. The van der Waals surface area contributed by atoms with Crippen molar-refractivity contribution in [2.75, 3.05) is 0 Å². The molecule has 0 radical (unpaired) electrons. The lowest BCUT2D eigenvalue weighted by atomic mass is 10.2. The van der Waals surface area contributed by atoms with Crippen molar-refractivity contribution in [2.24, 2.45) is 4.40 Å². The second-order valence-electron chi connectivity index (χ2n) is 4.69. The van der Waals surface area contributed by atoms with E-state index >= 15 is 0 Å². The lowest BCUT2D eigenvalue weighted by Crippen LogP contribution is -2.25. The largest absolute Gasteiger partial charge is 0.591 e. The van der Waals surface area contributed by atoms with Crippen molar-refractivity contribution in [3.05, 3.63) is 29.3 Å². The fraction of sp³-hybridized carbons (Fsp3) is 0.455. The molecule has 0 saturated carbocycles. The molecule has 0 bridgehead atoms. The Balaban J connectivity index is 2.94. The molecule has 1 rings (SSSR count). The molecule has 1 heterocycles. The van der Waals surface area contributed by atoms with Crippen molar-refractivity contribution in [3.8, 4) is 0 Å². The first kappa shape index (κ1) is 15.9. The number of nitrogens with zero attached hydrogens (tertiary/aromatic N) is 2. The molecule has 0 unspecified atom stereocenters. The van der Waals surface area contributed by atoms with E-state index in [2.05, 4.69) is 9.38 Å². The van der Waals surface area contributed by atoms with E-state index in [1.807, 2.05) is 0 Å². The van der Waals surface area contributed by atoms with Crippen LogP contribution in [0.2, 0.25) is 0 Å². The van der Waals surface area contributed by atoms with Crippen LogP contribution >= 0.6 is 0 Å². The van der Waals surface area contributed by atoms with Crippen LogP contribution in [0.4, 0.5) is 17.6 Å². The van der Waals surface area contributed by atoms with Crippen molar-refractivity contribution in [3.63, 3.8) is 0 Å². The normalized spacial score (nSPS) is 14.9. The average Bonchev–Trinajstić information content (AvgIpc) is 2.22. The van der Waals surface area contributed by atoms with Crippen molar-refractivity contribution in [1.29, 1.82) is 0 Å². The summed E-state index contributed by atoms with van der Waals surface area (Å²) >= 11 is -1.57. The summed E-state index contributed by atoms with van der Waals surface area (Å²) in [5.74, 6) is -1.49. The van der Waals surface area contributed by atoms with Crippen LogP contribution in [0.5, 0.6) is 0 Å². The van der Waals surface area contributed by atoms with Crippen LogP contribution in [-0.4, -0.2) is 20.5 Å². The Morgan fingerprint density at radius 3 is 2.32 bits per heavy atom. The first-order valence-corrected chi connectivity index (χ1v) is 6.31. The van der Waals surface area contributed by atoms with E-state index in [4.69, 9.17) is 0 Å². The van der Waals surface area contributed by atoms with E-state index in [0.717, 1.165) is 12.4 Å². The third kappa shape index (κ3) is 4.46. The summed E-state index contributed by atoms with van der Waals surface area (Å²) in [7, 11) is 0. The predicted octanol–water partition coefficient (Wildman–Crippen LogP) is 3.12. The summed E-state index contributed by atoms with van der Waals surface area (Å²) < 4.78 is 64.6. The Bertz CT molecular complexity index is 483. The van der Waals surface area contributed by atoms with Crippen LogP contribution in [-0.2, 0) is 17.5 Å². The second kappa shape index (κ2) is 5.46. The van der Waals surface area contributed by atoms with E-state index in [-0.39, 0.29) is 5.56 Å². The van der Waals surface area contributed by atoms with Crippen LogP contribution in [0.25, 0.3) is 0 Å². The minimum Gasteiger partial charge on any atom is -0.591 e. The number of rotatable bonds is 2. The molecule has 8 heteroatoms. The number of alkyl halides is 3. The zero-order chi connectivity index (χ0) is 14.8. The Labute approximate surface area is 111 Å². The molecule has 0 spiro atoms. The fourth-order valence-corrected chi connectivity index (χ4v) is 1.53. The molecule has 1 aromatic heterocycles. The quantitative estimate of drug-likeness (QED) is 0.478. The number of pyridine rings is 1. The molecule has 1 atom stereocenters. The molecule has 0 aromatic carbocycles. The van der Waals surface area contributed by atoms with Crippen molar-refractivity contribution in [1.82, 2.24) is 4.98 Å². The Morgan fingerprint density at radius 1 is 1.32 bits per heavy atom. The molecule has 0 aliphatic rings. The highest BCUT2D eigenvalue weighted by atomic mass is 32.2. The number of aromatic nitrogens is 1. The third-order valence-corrected chi connectivity index (χ3v) is 3.30. The number of hydrogen-bond donors (Lipinski definition) is 0. The molecule has 0 N–H and O–H groups in total. The van der Waals surface area contributed by atoms with Gasteiger partial charge in [0.1, 0.15) is 16.1 Å². The number of hydrogen-bond acceptors (Lipinski definition) is 3. The van der Waals surface area contributed by atoms with Gasteiger partial charge in [-0.25, -0.2) is 9.37 Å². The maximum Gasteiger partial charge on any atom is 0.436 e. The van der Waals surface area contributed by atoms with Crippen LogP contribution in [0, 0.1) is 5.82 Å². The van der Waals surface area contributed by atoms with Gasteiger partial charge in [0.25, 0.3) is 0 Å². The predicted molar refractivity (Wildman–Crippen MR) is 64.7 cm³/mol. The summed E-state index contributed by atoms with van der Waals surface area (Å²) in [6.07, 6.45) is -2.97. The van der Waals surface area contributed by atoms with Crippen molar-refractivity contribution in [2.45, 2.75) is 31.7 Å². The van der Waals surface area contributed by atoms with Gasteiger partial charge in [-0.1, -0.05) is 4.40 Å². The first-order valence-electron chi connectivity index (χ1n) is 5.20. The van der Waals surface area contributed by atoms with E-state index in [1.54, 1.807) is 20.8 Å². The van der Waals surface area contributed by atoms with Gasteiger partial charge in [-0.2, -0.15) is 13.2 Å². The van der Waals surface area contributed by atoms with Gasteiger partial charge in [0.15, 0.2) is 11.5 Å². The van der Waals surface area contributed by atoms with Gasteiger partial charge in [0.2, 0.25) is 0 Å². The van der Waals surface area contributed by atoms with Gasteiger partial charge in [-0.05, 0) is 26.8 Å². The molecule has 1 aromatic rings. The SMILES string of the molecule is CC(C)(C)[S@@+]([O-])N=Cc1cnc(C(F)(F)F)c(F)c1. The fourth-order valence-electron chi connectivity index (χ4n) is 0.999. The summed E-state index contributed by atoms with van der Waals surface area (Å²) in [4.78, 5) is 3.00. The van der Waals surface area contributed by atoms with Gasteiger partial charge in [-0.3, -0.25) is 0 Å². The van der Waals surface area contributed by atoms with E-state index in [9.17, 15) is 22.1 Å². The van der Waals surface area contributed by atoms with Gasteiger partial charge in [0.05, 0.1) is 6.21 Å². The van der Waals surface area contributed by atoms with Crippen LogP contribution in [0.3, 0.4) is 0 Å². The standard InChI is InChI=1S/C11H12F4N2OS/c1-10(2,3)19(18)17-6-7-4-8(12)9(16-5-7)11(13,14)15/h4-6H,1-3H3/t19-/m1/s1. The van der Waals surface area contributed by atoms with E-state index in [1.165, 1.54) is 0 Å². The third-order valence-electron chi connectivity index (χ3n) is 1.95.